The molecule has 0 saturated carbocycles. The zero-order chi connectivity index (χ0) is 31.5. The number of rotatable bonds is 8. The molecule has 0 amide bonds. The molecular weight excluding hydrogens is 580 g/mol. The van der Waals surface area contributed by atoms with Crippen molar-refractivity contribution in [3.8, 4) is 51.4 Å². The van der Waals surface area contributed by atoms with Crippen LogP contribution in [0.15, 0.2) is 76.0 Å². The van der Waals surface area contributed by atoms with E-state index < -0.39 is 54.5 Å². The Labute approximate surface area is 249 Å². The standard InChI is InChI=1S/C31H28O13/c1-40-23-10-16(5-8-20(23)34)30-24(13-19-21(35)11-18(33)12-22(19)42-30)43-31-29(39)28(38)27(37)25(44-31)14-41-26(36)9-4-15-2-6-17(32)7-3-15/h2-13,25,27-29,31-32,34-35,37-39H,14H2,1H3. The van der Waals surface area contributed by atoms with Crippen LogP contribution in [-0.2, 0) is 14.3 Å². The van der Waals surface area contributed by atoms with Crippen LogP contribution in [0, 0.1) is 0 Å². The summed E-state index contributed by atoms with van der Waals surface area (Å²) in [5.74, 6) is -1.39. The fourth-order valence-corrected chi connectivity index (χ4v) is 4.52. The highest BCUT2D eigenvalue weighted by Gasteiger charge is 2.46. The molecule has 1 saturated heterocycles. The van der Waals surface area contributed by atoms with Crippen molar-refractivity contribution < 1.29 is 58.8 Å². The quantitative estimate of drug-likeness (QED) is 0.125. The van der Waals surface area contributed by atoms with E-state index in [1.807, 2.05) is 0 Å². The summed E-state index contributed by atoms with van der Waals surface area (Å²) in [4.78, 5) is 24.3. The minimum Gasteiger partial charge on any atom is -0.508 e. The van der Waals surface area contributed by atoms with E-state index in [2.05, 4.69) is 0 Å². The summed E-state index contributed by atoms with van der Waals surface area (Å²) < 4.78 is 27.9. The van der Waals surface area contributed by atoms with Gasteiger partial charge in [-0.15, -0.1) is 0 Å². The number of esters is 1. The minimum absolute atomic E-state index is 0.00453. The summed E-state index contributed by atoms with van der Waals surface area (Å²) in [6.07, 6.45) is -5.65. The number of aromatic hydroxyl groups is 3. The maximum atomic E-state index is 12.3. The molecule has 0 aromatic heterocycles. The highest BCUT2D eigenvalue weighted by molar-refractivity contribution is 5.87. The van der Waals surface area contributed by atoms with E-state index in [0.29, 0.717) is 11.1 Å². The zero-order valence-corrected chi connectivity index (χ0v) is 23.1. The number of hydrogen-bond donors (Lipinski definition) is 6. The van der Waals surface area contributed by atoms with E-state index >= 15 is 0 Å². The van der Waals surface area contributed by atoms with Crippen LogP contribution in [-0.4, -0.2) is 81.0 Å². The summed E-state index contributed by atoms with van der Waals surface area (Å²) in [7, 11) is 1.34. The lowest BCUT2D eigenvalue weighted by molar-refractivity contribution is -0.278. The van der Waals surface area contributed by atoms with Gasteiger partial charge in [0.05, 0.1) is 12.7 Å². The van der Waals surface area contributed by atoms with Gasteiger partial charge in [0, 0.05) is 23.8 Å². The van der Waals surface area contributed by atoms with Crippen molar-refractivity contribution in [2.75, 3.05) is 13.7 Å². The second-order valence-electron chi connectivity index (χ2n) is 9.87. The van der Waals surface area contributed by atoms with Crippen molar-refractivity contribution in [1.29, 1.82) is 0 Å². The fourth-order valence-electron chi connectivity index (χ4n) is 4.52. The van der Waals surface area contributed by atoms with E-state index in [1.54, 1.807) is 12.1 Å². The van der Waals surface area contributed by atoms with Gasteiger partial charge < -0.3 is 54.0 Å². The van der Waals surface area contributed by atoms with Crippen molar-refractivity contribution in [1.82, 2.24) is 0 Å². The molecule has 0 spiro atoms. The number of ether oxygens (including phenoxy) is 4. The molecule has 0 radical (unpaired) electrons. The smallest absolute Gasteiger partial charge is 0.330 e. The first-order chi connectivity index (χ1) is 21.0. The number of carbonyl (C=O) groups excluding carboxylic acids is 1. The number of phenolic OH excluding ortho intramolecular Hbond substituents is 3. The zero-order valence-electron chi connectivity index (χ0n) is 23.1. The predicted molar refractivity (Wildman–Crippen MR) is 152 cm³/mol. The third-order valence-corrected chi connectivity index (χ3v) is 6.85. The normalized spacial score (nSPS) is 21.8. The molecule has 2 aromatic carbocycles. The molecule has 2 aromatic rings. The number of hydrogen-bond acceptors (Lipinski definition) is 13. The first kappa shape index (κ1) is 30.4. The Morgan fingerprint density at radius 2 is 1.64 bits per heavy atom. The predicted octanol–water partition coefficient (Wildman–Crippen LogP) is 1.98. The van der Waals surface area contributed by atoms with E-state index in [4.69, 9.17) is 23.4 Å². The summed E-state index contributed by atoms with van der Waals surface area (Å²) in [6, 6.07) is 13.7. The van der Waals surface area contributed by atoms with Crippen LogP contribution in [0.25, 0.3) is 28.7 Å². The van der Waals surface area contributed by atoms with Gasteiger partial charge in [-0.25, -0.2) is 4.79 Å². The van der Waals surface area contributed by atoms with Crippen molar-refractivity contribution in [3.05, 3.63) is 82.5 Å². The van der Waals surface area contributed by atoms with Crippen LogP contribution < -0.4 is 14.9 Å². The monoisotopic (exact) mass is 608 g/mol. The lowest BCUT2D eigenvalue weighted by atomic mass is 9.99. The second-order valence-corrected chi connectivity index (χ2v) is 9.87. The van der Waals surface area contributed by atoms with Gasteiger partial charge in [0.25, 0.3) is 0 Å². The Morgan fingerprint density at radius 1 is 0.886 bits per heavy atom. The molecule has 13 heteroatoms. The average molecular weight is 609 g/mol. The molecule has 5 unspecified atom stereocenters. The summed E-state index contributed by atoms with van der Waals surface area (Å²) in [6.45, 7) is -0.527. The van der Waals surface area contributed by atoms with Crippen molar-refractivity contribution in [3.63, 3.8) is 0 Å². The molecule has 2 aliphatic heterocycles. The molecule has 2 heterocycles. The lowest BCUT2D eigenvalue weighted by Gasteiger charge is -2.40. The van der Waals surface area contributed by atoms with Gasteiger partial charge >= 0.3 is 5.97 Å². The number of fused-ring (bicyclic) bond motifs is 1. The molecule has 13 nitrogen and oxygen atoms in total. The molecule has 6 N–H and O–H groups in total. The fraction of sp³-hybridized carbons (Fsp3) is 0.226. The molecule has 230 valence electrons. The first-order valence-corrected chi connectivity index (χ1v) is 13.2. The van der Waals surface area contributed by atoms with Crippen LogP contribution in [0.2, 0.25) is 0 Å². The number of phenols is 3. The number of aliphatic hydroxyl groups is 3. The Bertz CT molecular complexity index is 1690. The van der Waals surface area contributed by atoms with Gasteiger partial charge in [-0.1, -0.05) is 12.1 Å². The summed E-state index contributed by atoms with van der Waals surface area (Å²) in [5.41, 5.74) is 0.455. The van der Waals surface area contributed by atoms with E-state index in [0.717, 1.165) is 18.2 Å². The topological polar surface area (TPSA) is 206 Å². The molecule has 1 fully saturated rings. The largest absolute Gasteiger partial charge is 0.508 e. The number of benzene rings is 3. The highest BCUT2D eigenvalue weighted by Crippen LogP contribution is 2.43. The van der Waals surface area contributed by atoms with Crippen molar-refractivity contribution in [2.24, 2.45) is 0 Å². The van der Waals surface area contributed by atoms with Crippen molar-refractivity contribution >= 4 is 12.0 Å². The molecular formula is C31H28O13. The minimum atomic E-state index is -1.79. The van der Waals surface area contributed by atoms with Gasteiger partial charge in [-0.05, 0) is 48.0 Å². The molecule has 5 rings (SSSR count). The second kappa shape index (κ2) is 12.7. The number of methoxy groups -OCH3 is 1. The van der Waals surface area contributed by atoms with Crippen LogP contribution >= 0.6 is 0 Å². The number of carbonyl (C=O) groups is 1. The van der Waals surface area contributed by atoms with Crippen LogP contribution in [0.1, 0.15) is 5.56 Å². The van der Waals surface area contributed by atoms with Gasteiger partial charge in [-0.2, -0.15) is 0 Å². The van der Waals surface area contributed by atoms with Crippen LogP contribution in [0.5, 0.6) is 28.7 Å². The molecule has 1 aliphatic carbocycles. The maximum absolute atomic E-state index is 12.3. The van der Waals surface area contributed by atoms with E-state index in [1.165, 1.54) is 49.6 Å². The molecule has 5 atom stereocenters. The highest BCUT2D eigenvalue weighted by atomic mass is 16.7. The lowest BCUT2D eigenvalue weighted by Crippen LogP contribution is -2.60. The third kappa shape index (κ3) is 6.45. The van der Waals surface area contributed by atoms with Gasteiger partial charge in [-0.3, -0.25) is 4.79 Å². The SMILES string of the molecule is COc1cc(-c2oc3cc(=O)cc(O)c-3cc2OC2OC(COC(=O)C=Cc3ccc(O)cc3)C(O)C(O)C2O)ccc1O. The Balaban J connectivity index is 1.41. The van der Waals surface area contributed by atoms with Gasteiger partial charge in [0.2, 0.25) is 6.29 Å². The average Bonchev–Trinajstić information content (AvgIpc) is 3.00. The Morgan fingerprint density at radius 3 is 2.36 bits per heavy atom. The van der Waals surface area contributed by atoms with Crippen molar-refractivity contribution in [2.45, 2.75) is 30.7 Å². The van der Waals surface area contributed by atoms with Gasteiger partial charge in [0.1, 0.15) is 48.3 Å². The Hall–Kier alpha value is -5.08. The number of aliphatic hydroxyl groups excluding tert-OH is 3. The summed E-state index contributed by atoms with van der Waals surface area (Å²) >= 11 is 0. The van der Waals surface area contributed by atoms with Gasteiger partial charge in [0.15, 0.2) is 28.4 Å². The van der Waals surface area contributed by atoms with Crippen LogP contribution in [0.3, 0.4) is 0 Å². The first-order valence-electron chi connectivity index (χ1n) is 13.2. The maximum Gasteiger partial charge on any atom is 0.330 e. The third-order valence-electron chi connectivity index (χ3n) is 6.85. The molecule has 44 heavy (non-hydrogen) atoms. The Kier molecular flexibility index (Phi) is 8.73. The molecule has 3 aliphatic rings. The molecule has 0 bridgehead atoms. The summed E-state index contributed by atoms with van der Waals surface area (Å²) in [5, 5.41) is 61.6. The van der Waals surface area contributed by atoms with Crippen LogP contribution in [0.4, 0.5) is 0 Å². The van der Waals surface area contributed by atoms with E-state index in [-0.39, 0.29) is 40.1 Å². The van der Waals surface area contributed by atoms with E-state index in [9.17, 15) is 40.2 Å².